The largest absolute Gasteiger partial charge is 0.444 e. The highest BCUT2D eigenvalue weighted by molar-refractivity contribution is 5.90. The number of allylic oxidation sites excluding steroid dienone is 2. The van der Waals surface area contributed by atoms with Crippen molar-refractivity contribution in [2.75, 3.05) is 40.8 Å². The SMILES string of the molecule is CC.CNC(=O)C(CCC=O)N(C)C/C(C=O)=C(C=O)/C=C\N(C)C1CCC2(CC1)CN(C(=O)OC(C)(C)C)C2. The fourth-order valence-corrected chi connectivity index (χ4v) is 5.22. The fourth-order valence-electron chi connectivity index (χ4n) is 5.22. The number of likely N-dealkylation sites (N-methyl/N-ethyl adjacent to an activating group) is 2. The van der Waals surface area contributed by atoms with E-state index in [0.717, 1.165) is 45.1 Å². The molecule has 2 aliphatic rings. The Morgan fingerprint density at radius 1 is 1.07 bits per heavy atom. The van der Waals surface area contributed by atoms with Crippen LogP contribution in [0.25, 0.3) is 0 Å². The number of hydrogen-bond acceptors (Lipinski definition) is 8. The predicted molar refractivity (Wildman–Crippen MR) is 156 cm³/mol. The minimum atomic E-state index is -0.591. The average Bonchev–Trinajstić information content (AvgIpc) is 2.91. The second-order valence-corrected chi connectivity index (χ2v) is 11.6. The highest BCUT2D eigenvalue weighted by Gasteiger charge is 2.48. The maximum Gasteiger partial charge on any atom is 0.410 e. The number of nitrogens with one attached hydrogen (secondary N) is 1. The molecule has 0 aromatic rings. The van der Waals surface area contributed by atoms with Gasteiger partial charge in [0.05, 0.1) is 6.04 Å². The summed E-state index contributed by atoms with van der Waals surface area (Å²) in [6, 6.07) is -0.296. The van der Waals surface area contributed by atoms with E-state index in [1.54, 1.807) is 22.9 Å². The zero-order valence-electron chi connectivity index (χ0n) is 25.7. The number of carbonyl (C=O) groups is 5. The Bertz CT molecular complexity index is 923. The molecule has 1 saturated carbocycles. The highest BCUT2D eigenvalue weighted by Crippen LogP contribution is 2.45. The second-order valence-electron chi connectivity index (χ2n) is 11.6. The summed E-state index contributed by atoms with van der Waals surface area (Å²) in [7, 11) is 5.17. The number of amides is 2. The molecule has 1 aliphatic carbocycles. The van der Waals surface area contributed by atoms with Crippen molar-refractivity contribution in [1.29, 1.82) is 0 Å². The van der Waals surface area contributed by atoms with Gasteiger partial charge in [-0.25, -0.2) is 4.79 Å². The molecule has 2 rings (SSSR count). The van der Waals surface area contributed by atoms with E-state index < -0.39 is 11.6 Å². The molecule has 1 spiro atoms. The molecule has 0 aromatic heterocycles. The van der Waals surface area contributed by atoms with Crippen LogP contribution in [-0.2, 0) is 23.9 Å². The van der Waals surface area contributed by atoms with Gasteiger partial charge in [-0.2, -0.15) is 0 Å². The third kappa shape index (κ3) is 10.2. The number of aldehydes is 3. The van der Waals surface area contributed by atoms with Crippen LogP contribution < -0.4 is 5.32 Å². The van der Waals surface area contributed by atoms with E-state index >= 15 is 0 Å². The number of hydrogen-bond donors (Lipinski definition) is 1. The molecule has 1 N–H and O–H groups in total. The normalized spacial score (nSPS) is 18.2. The molecule has 0 bridgehead atoms. The molecule has 10 heteroatoms. The number of likely N-dealkylation sites (tertiary alicyclic amines) is 1. The molecule has 2 fully saturated rings. The summed E-state index contributed by atoms with van der Waals surface area (Å²) in [6.07, 6.45) is 9.76. The molecule has 2 amide bonds. The third-order valence-electron chi connectivity index (χ3n) is 7.48. The Hall–Kier alpha value is -3.01. The Kier molecular flexibility index (Phi) is 14.3. The minimum absolute atomic E-state index is 0.0999. The lowest BCUT2D eigenvalue weighted by molar-refractivity contribution is -0.125. The molecule has 10 nitrogen and oxygen atoms in total. The molecular weight excluding hydrogens is 512 g/mol. The molecule has 1 heterocycles. The molecule has 1 unspecified atom stereocenters. The van der Waals surface area contributed by atoms with Gasteiger partial charge in [-0.1, -0.05) is 13.8 Å². The highest BCUT2D eigenvalue weighted by atomic mass is 16.6. The number of rotatable bonds is 12. The molecule has 1 saturated heterocycles. The van der Waals surface area contributed by atoms with Gasteiger partial charge < -0.3 is 24.6 Å². The summed E-state index contributed by atoms with van der Waals surface area (Å²) in [5, 5.41) is 2.58. The monoisotopic (exact) mass is 562 g/mol. The van der Waals surface area contributed by atoms with Gasteiger partial charge in [0.25, 0.3) is 0 Å². The first-order valence-corrected chi connectivity index (χ1v) is 14.3. The summed E-state index contributed by atoms with van der Waals surface area (Å²) in [6.45, 7) is 11.2. The Morgan fingerprint density at radius 3 is 2.15 bits per heavy atom. The van der Waals surface area contributed by atoms with Gasteiger partial charge in [-0.05, 0) is 72.2 Å². The lowest BCUT2D eigenvalue weighted by Crippen LogP contribution is -2.61. The zero-order chi connectivity index (χ0) is 30.5. The van der Waals surface area contributed by atoms with Gasteiger partial charge in [0.2, 0.25) is 5.91 Å². The number of nitrogens with zero attached hydrogens (tertiary/aromatic N) is 3. The quantitative estimate of drug-likeness (QED) is 0.219. The van der Waals surface area contributed by atoms with E-state index in [0.29, 0.717) is 25.0 Å². The van der Waals surface area contributed by atoms with Gasteiger partial charge in [-0.3, -0.25) is 19.3 Å². The van der Waals surface area contributed by atoms with Crippen molar-refractivity contribution in [3.63, 3.8) is 0 Å². The standard InChI is InChI=1S/C28H44N4O6.C2H6/c1-27(2,3)38-26(37)32-19-28(20-32)12-9-23(10-13-28)30(5)14-11-21(17-34)22(18-35)16-31(6)24(8-7-15-33)25(36)29-4;1-2/h11,14-15,17-18,23-24H,7-10,12-13,16,19-20H2,1-6H3,(H,29,36);1-2H3/b14-11-,22-21+;. The predicted octanol–water partition coefficient (Wildman–Crippen LogP) is 3.36. The summed E-state index contributed by atoms with van der Waals surface area (Å²) in [5.41, 5.74) is 0.185. The van der Waals surface area contributed by atoms with Crippen LogP contribution in [0.5, 0.6) is 0 Å². The first-order chi connectivity index (χ1) is 18.9. The van der Waals surface area contributed by atoms with Crippen LogP contribution in [-0.4, -0.2) is 104 Å². The van der Waals surface area contributed by atoms with Crippen molar-refractivity contribution in [2.24, 2.45) is 5.41 Å². The molecule has 0 radical (unpaired) electrons. The third-order valence-corrected chi connectivity index (χ3v) is 7.48. The summed E-state index contributed by atoms with van der Waals surface area (Å²) in [4.78, 5) is 64.5. The van der Waals surface area contributed by atoms with Crippen LogP contribution in [0.1, 0.15) is 73.1 Å². The maximum absolute atomic E-state index is 12.3. The van der Waals surface area contributed by atoms with Crippen LogP contribution in [0.3, 0.4) is 0 Å². The van der Waals surface area contributed by atoms with E-state index in [-0.39, 0.29) is 41.5 Å². The summed E-state index contributed by atoms with van der Waals surface area (Å²) in [5.74, 6) is -0.252. The molecular formula is C30H50N4O6. The van der Waals surface area contributed by atoms with E-state index in [2.05, 4.69) is 10.2 Å². The maximum atomic E-state index is 12.3. The van der Waals surface area contributed by atoms with Crippen molar-refractivity contribution < 1.29 is 28.7 Å². The van der Waals surface area contributed by atoms with Crippen molar-refractivity contribution in [1.82, 2.24) is 20.0 Å². The van der Waals surface area contributed by atoms with Crippen LogP contribution in [0.2, 0.25) is 0 Å². The topological polar surface area (TPSA) is 116 Å². The molecule has 1 aliphatic heterocycles. The second kappa shape index (κ2) is 16.3. The van der Waals surface area contributed by atoms with Gasteiger partial charge in [0.15, 0.2) is 6.29 Å². The molecule has 226 valence electrons. The van der Waals surface area contributed by atoms with Crippen molar-refractivity contribution >= 4 is 30.9 Å². The Morgan fingerprint density at radius 2 is 1.68 bits per heavy atom. The Labute approximate surface area is 240 Å². The van der Waals surface area contributed by atoms with E-state index in [1.807, 2.05) is 47.9 Å². The first-order valence-electron chi connectivity index (χ1n) is 14.3. The van der Waals surface area contributed by atoms with Crippen LogP contribution in [0.4, 0.5) is 4.79 Å². The lowest BCUT2D eigenvalue weighted by Gasteiger charge is -2.53. The zero-order valence-corrected chi connectivity index (χ0v) is 25.7. The smallest absolute Gasteiger partial charge is 0.410 e. The van der Waals surface area contributed by atoms with Crippen molar-refractivity contribution in [3.05, 3.63) is 23.4 Å². The van der Waals surface area contributed by atoms with Gasteiger partial charge in [-0.15, -0.1) is 0 Å². The van der Waals surface area contributed by atoms with Crippen LogP contribution >= 0.6 is 0 Å². The molecule has 40 heavy (non-hydrogen) atoms. The number of carbonyl (C=O) groups excluding carboxylic acids is 5. The van der Waals surface area contributed by atoms with Crippen molar-refractivity contribution in [3.8, 4) is 0 Å². The summed E-state index contributed by atoms with van der Waals surface area (Å²) >= 11 is 0. The van der Waals surface area contributed by atoms with Crippen LogP contribution in [0.15, 0.2) is 23.4 Å². The average molecular weight is 563 g/mol. The van der Waals surface area contributed by atoms with E-state index in [1.165, 1.54) is 7.05 Å². The van der Waals surface area contributed by atoms with Gasteiger partial charge in [0.1, 0.15) is 18.2 Å². The summed E-state index contributed by atoms with van der Waals surface area (Å²) < 4.78 is 5.48. The fraction of sp³-hybridized carbons (Fsp3) is 0.700. The van der Waals surface area contributed by atoms with E-state index in [9.17, 15) is 24.0 Å². The first kappa shape index (κ1) is 35.0. The molecule has 0 aromatic carbocycles. The van der Waals surface area contributed by atoms with Crippen LogP contribution in [0, 0.1) is 5.41 Å². The minimum Gasteiger partial charge on any atom is -0.444 e. The van der Waals surface area contributed by atoms with Crippen molar-refractivity contribution in [2.45, 2.75) is 90.8 Å². The van der Waals surface area contributed by atoms with E-state index in [4.69, 9.17) is 4.74 Å². The Balaban J connectivity index is 0.00000391. The number of ether oxygens (including phenoxy) is 1. The van der Waals surface area contributed by atoms with Gasteiger partial charge >= 0.3 is 6.09 Å². The molecule has 1 atom stereocenters. The lowest BCUT2D eigenvalue weighted by atomic mass is 9.67. The van der Waals surface area contributed by atoms with Gasteiger partial charge in [0, 0.05) is 62.8 Å².